The Kier molecular flexibility index (Phi) is 4.88. The number of rotatable bonds is 5. The van der Waals surface area contributed by atoms with Gasteiger partial charge in [0.15, 0.2) is 6.10 Å². The first-order valence-corrected chi connectivity index (χ1v) is 7.45. The fraction of sp³-hybridized carbons (Fsp3) is 0.438. The van der Waals surface area contributed by atoms with Gasteiger partial charge in [-0.05, 0) is 39.0 Å². The van der Waals surface area contributed by atoms with Gasteiger partial charge in [0, 0.05) is 18.2 Å². The van der Waals surface area contributed by atoms with Crippen LogP contribution >= 0.6 is 0 Å². The summed E-state index contributed by atoms with van der Waals surface area (Å²) in [5.41, 5.74) is 1.09. The molecule has 2 rings (SSSR count). The molecule has 23 heavy (non-hydrogen) atoms. The van der Waals surface area contributed by atoms with Crippen LogP contribution in [-0.2, 0) is 14.4 Å². The fourth-order valence-electron chi connectivity index (χ4n) is 2.42. The normalized spacial score (nSPS) is 16.8. The molecule has 0 aromatic heterocycles. The third-order valence-corrected chi connectivity index (χ3v) is 3.47. The predicted octanol–water partition coefficient (Wildman–Crippen LogP) is 2.01. The fourth-order valence-corrected chi connectivity index (χ4v) is 2.42. The van der Waals surface area contributed by atoms with Crippen molar-refractivity contribution in [3.63, 3.8) is 0 Å². The molecule has 0 saturated heterocycles. The third kappa shape index (κ3) is 3.80. The van der Waals surface area contributed by atoms with Crippen LogP contribution < -0.4 is 15.0 Å². The van der Waals surface area contributed by atoms with E-state index in [0.717, 1.165) is 0 Å². The Hall–Kier alpha value is -2.57. The van der Waals surface area contributed by atoms with Gasteiger partial charge in [-0.2, -0.15) is 0 Å². The van der Waals surface area contributed by atoms with Crippen LogP contribution in [0.1, 0.15) is 33.6 Å². The number of hydrogen-bond acceptors (Lipinski definition) is 4. The highest BCUT2D eigenvalue weighted by atomic mass is 16.5. The number of carbonyl (C=O) groups excluding carboxylic acids is 2. The summed E-state index contributed by atoms with van der Waals surface area (Å²) in [6, 6.07) is 4.97. The summed E-state index contributed by atoms with van der Waals surface area (Å²) in [5.74, 6) is -0.972. The van der Waals surface area contributed by atoms with Crippen LogP contribution in [0.15, 0.2) is 18.2 Å². The smallest absolute Gasteiger partial charge is 0.303 e. The molecular formula is C16H20N2O5. The topological polar surface area (TPSA) is 95.9 Å². The summed E-state index contributed by atoms with van der Waals surface area (Å²) < 4.78 is 5.58. The summed E-state index contributed by atoms with van der Waals surface area (Å²) in [5, 5.41) is 11.2. The average Bonchev–Trinajstić information content (AvgIpc) is 2.46. The van der Waals surface area contributed by atoms with Gasteiger partial charge in [0.05, 0.1) is 12.1 Å². The van der Waals surface area contributed by atoms with E-state index in [1.807, 2.05) is 13.8 Å². The molecule has 0 bridgehead atoms. The second kappa shape index (κ2) is 6.68. The van der Waals surface area contributed by atoms with E-state index in [0.29, 0.717) is 17.1 Å². The van der Waals surface area contributed by atoms with E-state index in [9.17, 15) is 14.4 Å². The lowest BCUT2D eigenvalue weighted by Crippen LogP contribution is -2.47. The molecule has 1 heterocycles. The summed E-state index contributed by atoms with van der Waals surface area (Å²) in [7, 11) is 0. The molecule has 7 nitrogen and oxygen atoms in total. The van der Waals surface area contributed by atoms with Crippen molar-refractivity contribution >= 4 is 29.2 Å². The molecule has 0 spiro atoms. The molecule has 0 aliphatic carbocycles. The lowest BCUT2D eigenvalue weighted by Gasteiger charge is -2.35. The lowest BCUT2D eigenvalue weighted by atomic mass is 10.1. The molecular weight excluding hydrogens is 300 g/mol. The molecule has 124 valence electrons. The largest absolute Gasteiger partial charge is 0.481 e. The number of carboxylic acids is 1. The highest BCUT2D eigenvalue weighted by Crippen LogP contribution is 2.37. The minimum absolute atomic E-state index is 0.0504. The molecule has 7 heteroatoms. The number of carbonyl (C=O) groups is 3. The second-order valence-corrected chi connectivity index (χ2v) is 5.69. The first-order chi connectivity index (χ1) is 10.8. The first-order valence-electron chi connectivity index (χ1n) is 7.45. The standard InChI is InChI=1S/C16H20N2O5/c1-9(2)18-12-8-11(17-14(19)6-7-15(20)21)4-5-13(12)23-10(3)16(18)22/h4-5,8-10H,6-7H2,1-3H3,(H,17,19)(H,20,21). The van der Waals surface area contributed by atoms with Gasteiger partial charge in [-0.3, -0.25) is 14.4 Å². The molecule has 1 aromatic rings. The van der Waals surface area contributed by atoms with E-state index in [1.165, 1.54) is 0 Å². The molecule has 0 fully saturated rings. The summed E-state index contributed by atoms with van der Waals surface area (Å²) >= 11 is 0. The summed E-state index contributed by atoms with van der Waals surface area (Å²) in [4.78, 5) is 36.1. The Morgan fingerprint density at radius 3 is 2.65 bits per heavy atom. The van der Waals surface area contributed by atoms with E-state index in [4.69, 9.17) is 9.84 Å². The van der Waals surface area contributed by atoms with Gasteiger partial charge in [0.25, 0.3) is 5.91 Å². The van der Waals surface area contributed by atoms with Crippen molar-refractivity contribution in [1.82, 2.24) is 0 Å². The van der Waals surface area contributed by atoms with Crippen molar-refractivity contribution in [2.75, 3.05) is 10.2 Å². The van der Waals surface area contributed by atoms with Gasteiger partial charge in [0.1, 0.15) is 5.75 Å². The van der Waals surface area contributed by atoms with Crippen LogP contribution in [0.5, 0.6) is 5.75 Å². The molecule has 1 unspecified atom stereocenters. The number of aliphatic carboxylic acids is 1. The maximum absolute atomic E-state index is 12.3. The van der Waals surface area contributed by atoms with Gasteiger partial charge >= 0.3 is 5.97 Å². The zero-order valence-electron chi connectivity index (χ0n) is 13.3. The van der Waals surface area contributed by atoms with Gasteiger partial charge in [-0.15, -0.1) is 0 Å². The minimum Gasteiger partial charge on any atom is -0.481 e. The monoisotopic (exact) mass is 320 g/mol. The zero-order valence-corrected chi connectivity index (χ0v) is 13.3. The van der Waals surface area contributed by atoms with Crippen LogP contribution in [0.25, 0.3) is 0 Å². The van der Waals surface area contributed by atoms with Crippen LogP contribution in [0.3, 0.4) is 0 Å². The van der Waals surface area contributed by atoms with E-state index < -0.39 is 12.1 Å². The molecule has 1 aliphatic heterocycles. The van der Waals surface area contributed by atoms with Crippen molar-refractivity contribution in [2.45, 2.75) is 45.8 Å². The van der Waals surface area contributed by atoms with Crippen molar-refractivity contribution < 1.29 is 24.2 Å². The number of anilines is 2. The number of nitrogens with one attached hydrogen (secondary N) is 1. The predicted molar refractivity (Wildman–Crippen MR) is 84.7 cm³/mol. The van der Waals surface area contributed by atoms with Gasteiger partial charge in [0.2, 0.25) is 5.91 Å². The number of fused-ring (bicyclic) bond motifs is 1. The maximum Gasteiger partial charge on any atom is 0.303 e. The molecule has 0 saturated carbocycles. The molecule has 1 aromatic carbocycles. The Morgan fingerprint density at radius 2 is 2.04 bits per heavy atom. The van der Waals surface area contributed by atoms with E-state index in [1.54, 1.807) is 30.0 Å². The van der Waals surface area contributed by atoms with Crippen molar-refractivity contribution in [1.29, 1.82) is 0 Å². The number of amides is 2. The SMILES string of the molecule is CC1Oc2ccc(NC(=O)CCC(=O)O)cc2N(C(C)C)C1=O. The van der Waals surface area contributed by atoms with Crippen molar-refractivity contribution in [2.24, 2.45) is 0 Å². The van der Waals surface area contributed by atoms with Crippen LogP contribution in [0.2, 0.25) is 0 Å². The number of ether oxygens (including phenoxy) is 1. The Bertz CT molecular complexity index is 641. The average molecular weight is 320 g/mol. The first kappa shape index (κ1) is 16.8. The number of nitrogens with zero attached hydrogens (tertiary/aromatic N) is 1. The van der Waals surface area contributed by atoms with E-state index in [-0.39, 0.29) is 30.7 Å². The van der Waals surface area contributed by atoms with Crippen LogP contribution in [0, 0.1) is 0 Å². The number of carboxylic acid groups (broad SMARTS) is 1. The summed E-state index contributed by atoms with van der Waals surface area (Å²) in [6.45, 7) is 5.50. The molecule has 1 aliphatic rings. The zero-order chi connectivity index (χ0) is 17.1. The van der Waals surface area contributed by atoms with Gasteiger partial charge < -0.3 is 20.1 Å². The lowest BCUT2D eigenvalue weighted by molar-refractivity contribution is -0.138. The molecule has 0 radical (unpaired) electrons. The maximum atomic E-state index is 12.3. The molecule has 1 atom stereocenters. The third-order valence-electron chi connectivity index (χ3n) is 3.47. The van der Waals surface area contributed by atoms with Crippen molar-refractivity contribution in [3.05, 3.63) is 18.2 Å². The van der Waals surface area contributed by atoms with E-state index in [2.05, 4.69) is 5.32 Å². The minimum atomic E-state index is -1.02. The Labute approximate surface area is 134 Å². The van der Waals surface area contributed by atoms with Gasteiger partial charge in [-0.1, -0.05) is 0 Å². The van der Waals surface area contributed by atoms with Crippen LogP contribution in [-0.4, -0.2) is 35.0 Å². The summed E-state index contributed by atoms with van der Waals surface area (Å²) in [6.07, 6.45) is -0.887. The highest BCUT2D eigenvalue weighted by molar-refractivity contribution is 6.01. The van der Waals surface area contributed by atoms with E-state index >= 15 is 0 Å². The van der Waals surface area contributed by atoms with Gasteiger partial charge in [-0.25, -0.2) is 0 Å². The number of hydrogen-bond donors (Lipinski definition) is 2. The Morgan fingerprint density at radius 1 is 1.35 bits per heavy atom. The van der Waals surface area contributed by atoms with Crippen molar-refractivity contribution in [3.8, 4) is 5.75 Å². The molecule has 2 N–H and O–H groups in total. The highest BCUT2D eigenvalue weighted by Gasteiger charge is 2.33. The number of benzene rings is 1. The second-order valence-electron chi connectivity index (χ2n) is 5.69. The molecule has 2 amide bonds. The quantitative estimate of drug-likeness (QED) is 0.865. The Balaban J connectivity index is 2.22. The van der Waals surface area contributed by atoms with Crippen LogP contribution in [0.4, 0.5) is 11.4 Å².